The first-order valence-corrected chi connectivity index (χ1v) is 14.8. The molecular weight excluding hydrogens is 561 g/mol. The summed E-state index contributed by atoms with van der Waals surface area (Å²) in [6.07, 6.45) is 1.21. The Balaban J connectivity index is 2.09. The highest BCUT2D eigenvalue weighted by Gasteiger charge is 2.33. The zero-order valence-corrected chi connectivity index (χ0v) is 24.3. The van der Waals surface area contributed by atoms with Gasteiger partial charge in [0.05, 0.1) is 19.1 Å². The Morgan fingerprint density at radius 1 is 0.974 bits per heavy atom. The fraction of sp³-hybridized carbons (Fsp3) is 0.286. The summed E-state index contributed by atoms with van der Waals surface area (Å²) in [6.45, 7) is 1.46. The molecule has 0 aliphatic rings. The number of nitrogens with one attached hydrogen (secondary N) is 1. The van der Waals surface area contributed by atoms with Crippen LogP contribution >= 0.6 is 23.2 Å². The van der Waals surface area contributed by atoms with Crippen molar-refractivity contribution in [2.45, 2.75) is 25.9 Å². The molecule has 0 fully saturated rings. The lowest BCUT2D eigenvalue weighted by Crippen LogP contribution is -2.53. The minimum atomic E-state index is -3.90. The second kappa shape index (κ2) is 13.7. The molecule has 0 aliphatic carbocycles. The monoisotopic (exact) mass is 591 g/mol. The van der Waals surface area contributed by atoms with E-state index < -0.39 is 28.5 Å². The lowest BCUT2D eigenvalue weighted by Gasteiger charge is -2.33. The molecule has 0 aromatic heterocycles. The predicted octanol–water partition coefficient (Wildman–Crippen LogP) is 4.54. The van der Waals surface area contributed by atoms with Crippen molar-refractivity contribution in [3.63, 3.8) is 0 Å². The quantitative estimate of drug-likeness (QED) is 0.333. The van der Waals surface area contributed by atoms with Gasteiger partial charge < -0.3 is 15.0 Å². The van der Waals surface area contributed by atoms with Crippen LogP contribution in [0.25, 0.3) is 0 Å². The molecule has 0 unspecified atom stereocenters. The molecule has 0 saturated carbocycles. The van der Waals surface area contributed by atoms with E-state index in [1.165, 1.54) is 18.1 Å². The Morgan fingerprint density at radius 3 is 2.21 bits per heavy atom. The molecule has 2 amide bonds. The van der Waals surface area contributed by atoms with Crippen LogP contribution < -0.4 is 14.4 Å². The van der Waals surface area contributed by atoms with Gasteiger partial charge in [0.25, 0.3) is 0 Å². The third kappa shape index (κ3) is 8.11. The number of carbonyl (C=O) groups is 2. The molecule has 1 atom stereocenters. The summed E-state index contributed by atoms with van der Waals surface area (Å²) in [5, 5.41) is 3.44. The first kappa shape index (κ1) is 30.3. The van der Waals surface area contributed by atoms with Crippen molar-refractivity contribution in [1.29, 1.82) is 0 Å². The predicted molar refractivity (Wildman–Crippen MR) is 155 cm³/mol. The zero-order valence-electron chi connectivity index (χ0n) is 21.9. The topological polar surface area (TPSA) is 96.0 Å². The second-order valence-corrected chi connectivity index (χ2v) is 11.5. The normalized spacial score (nSPS) is 11.9. The van der Waals surface area contributed by atoms with Gasteiger partial charge in [-0.05, 0) is 36.8 Å². The van der Waals surface area contributed by atoms with Gasteiger partial charge in [-0.25, -0.2) is 8.42 Å². The summed E-state index contributed by atoms with van der Waals surface area (Å²) in [4.78, 5) is 28.7. The van der Waals surface area contributed by atoms with Gasteiger partial charge in [0.1, 0.15) is 18.3 Å². The van der Waals surface area contributed by atoms with Crippen molar-refractivity contribution in [3.8, 4) is 5.75 Å². The molecule has 1 N–H and O–H groups in total. The number of methoxy groups -OCH3 is 1. The highest BCUT2D eigenvalue weighted by Crippen LogP contribution is 2.28. The van der Waals surface area contributed by atoms with E-state index in [-0.39, 0.29) is 24.6 Å². The fourth-order valence-electron chi connectivity index (χ4n) is 4.08. The van der Waals surface area contributed by atoms with Crippen molar-refractivity contribution in [3.05, 3.63) is 94.0 Å². The van der Waals surface area contributed by atoms with Gasteiger partial charge in [-0.2, -0.15) is 0 Å². The third-order valence-corrected chi connectivity index (χ3v) is 7.88. The number of ether oxygens (including phenoxy) is 1. The maximum atomic E-state index is 14.0. The number of likely N-dealkylation sites (N-methyl/N-ethyl adjacent to an activating group) is 1. The van der Waals surface area contributed by atoms with Crippen LogP contribution in [0.5, 0.6) is 5.75 Å². The van der Waals surface area contributed by atoms with Crippen LogP contribution in [0.1, 0.15) is 18.1 Å². The molecule has 0 spiro atoms. The van der Waals surface area contributed by atoms with Crippen molar-refractivity contribution >= 4 is 50.7 Å². The summed E-state index contributed by atoms with van der Waals surface area (Å²) < 4.78 is 31.9. The largest absolute Gasteiger partial charge is 0.497 e. The van der Waals surface area contributed by atoms with Crippen molar-refractivity contribution < 1.29 is 22.7 Å². The summed E-state index contributed by atoms with van der Waals surface area (Å²) in [7, 11) is -2.44. The number of benzene rings is 3. The number of amides is 2. The van der Waals surface area contributed by atoms with Crippen LogP contribution in [0.2, 0.25) is 10.0 Å². The minimum Gasteiger partial charge on any atom is -0.497 e. The van der Waals surface area contributed by atoms with Crippen LogP contribution in [-0.2, 0) is 32.6 Å². The van der Waals surface area contributed by atoms with Gasteiger partial charge in [0.15, 0.2) is 0 Å². The number of carbonyl (C=O) groups excluding carboxylic acids is 2. The van der Waals surface area contributed by atoms with Gasteiger partial charge in [-0.15, -0.1) is 0 Å². The average Bonchev–Trinajstić information content (AvgIpc) is 2.90. The number of nitrogens with zero attached hydrogens (tertiary/aromatic N) is 2. The zero-order chi connectivity index (χ0) is 28.6. The molecule has 3 rings (SSSR count). The molecule has 8 nitrogen and oxygen atoms in total. The summed E-state index contributed by atoms with van der Waals surface area (Å²) in [5.41, 5.74) is 1.52. The molecule has 0 radical (unpaired) electrons. The Morgan fingerprint density at radius 2 is 1.62 bits per heavy atom. The molecule has 39 heavy (non-hydrogen) atoms. The highest BCUT2D eigenvalue weighted by molar-refractivity contribution is 7.92. The molecule has 3 aromatic carbocycles. The SMILES string of the molecule is CCNC(=O)[C@@H](Cc1ccccc1)N(Cc1c(Cl)cccc1Cl)C(=O)CN(c1cccc(OC)c1)S(C)(=O)=O. The molecular formula is C28H31Cl2N3O5S. The summed E-state index contributed by atoms with van der Waals surface area (Å²) in [5.74, 6) is -0.561. The standard InChI is InChI=1S/C28H31Cl2N3O5S/c1-4-31-28(35)26(16-20-10-6-5-7-11-20)32(18-23-24(29)14-9-15-25(23)30)27(34)19-33(39(3,36)37)21-12-8-13-22(17-21)38-2/h5-15,17,26H,4,16,18-19H2,1-3H3,(H,31,35)/t26-/m1/s1. The van der Waals surface area contributed by atoms with E-state index in [9.17, 15) is 18.0 Å². The van der Waals surface area contributed by atoms with E-state index in [2.05, 4.69) is 5.32 Å². The van der Waals surface area contributed by atoms with E-state index in [1.54, 1.807) is 43.3 Å². The number of sulfonamides is 1. The van der Waals surface area contributed by atoms with E-state index >= 15 is 0 Å². The van der Waals surface area contributed by atoms with Crippen molar-refractivity contribution in [2.75, 3.05) is 30.8 Å². The second-order valence-electron chi connectivity index (χ2n) is 8.79. The van der Waals surface area contributed by atoms with Crippen molar-refractivity contribution in [1.82, 2.24) is 10.2 Å². The summed E-state index contributed by atoms with van der Waals surface area (Å²) in [6, 6.07) is 19.6. The van der Waals surface area contributed by atoms with Crippen LogP contribution in [-0.4, -0.2) is 57.6 Å². The van der Waals surface area contributed by atoms with Crippen LogP contribution in [0.15, 0.2) is 72.8 Å². The van der Waals surface area contributed by atoms with E-state index in [0.29, 0.717) is 27.9 Å². The van der Waals surface area contributed by atoms with Crippen LogP contribution in [0.3, 0.4) is 0 Å². The molecule has 208 valence electrons. The first-order valence-electron chi connectivity index (χ1n) is 12.2. The van der Waals surface area contributed by atoms with Gasteiger partial charge in [0.2, 0.25) is 21.8 Å². The maximum absolute atomic E-state index is 14.0. The number of rotatable bonds is 12. The Hall–Kier alpha value is -3.27. The molecule has 0 bridgehead atoms. The molecule has 0 heterocycles. The van der Waals surface area contributed by atoms with Gasteiger partial charge in [0, 0.05) is 41.2 Å². The van der Waals surface area contributed by atoms with Gasteiger partial charge >= 0.3 is 0 Å². The number of anilines is 1. The molecule has 0 saturated heterocycles. The fourth-order valence-corrected chi connectivity index (χ4v) is 5.44. The van der Waals surface area contributed by atoms with Crippen LogP contribution in [0, 0.1) is 0 Å². The Labute approximate surface area is 239 Å². The maximum Gasteiger partial charge on any atom is 0.244 e. The van der Waals surface area contributed by atoms with E-state index in [4.69, 9.17) is 27.9 Å². The lowest BCUT2D eigenvalue weighted by atomic mass is 10.0. The van der Waals surface area contributed by atoms with Crippen molar-refractivity contribution in [2.24, 2.45) is 0 Å². The number of hydrogen-bond donors (Lipinski definition) is 1. The Kier molecular flexibility index (Phi) is 10.6. The minimum absolute atomic E-state index is 0.109. The molecule has 11 heteroatoms. The number of halogens is 2. The Bertz CT molecular complexity index is 1380. The smallest absolute Gasteiger partial charge is 0.244 e. The average molecular weight is 593 g/mol. The summed E-state index contributed by atoms with van der Waals surface area (Å²) >= 11 is 12.9. The van der Waals surface area contributed by atoms with Gasteiger partial charge in [-0.1, -0.05) is 65.7 Å². The van der Waals surface area contributed by atoms with Gasteiger partial charge in [-0.3, -0.25) is 13.9 Å². The highest BCUT2D eigenvalue weighted by atomic mass is 35.5. The van der Waals surface area contributed by atoms with E-state index in [1.807, 2.05) is 30.3 Å². The van der Waals surface area contributed by atoms with Crippen LogP contribution in [0.4, 0.5) is 5.69 Å². The lowest BCUT2D eigenvalue weighted by molar-refractivity contribution is -0.140. The first-order chi connectivity index (χ1) is 18.5. The number of hydrogen-bond acceptors (Lipinski definition) is 5. The van der Waals surface area contributed by atoms with E-state index in [0.717, 1.165) is 16.1 Å². The third-order valence-electron chi connectivity index (χ3n) is 6.03. The molecule has 3 aromatic rings. The molecule has 0 aliphatic heterocycles.